The first-order valence-electron chi connectivity index (χ1n) is 5.22. The predicted octanol–water partition coefficient (Wildman–Crippen LogP) is 1.65. The Bertz CT molecular complexity index is 429. The van der Waals surface area contributed by atoms with Crippen molar-refractivity contribution in [2.24, 2.45) is 5.41 Å². The highest BCUT2D eigenvalue weighted by molar-refractivity contribution is 7.11. The smallest absolute Gasteiger partial charge is 0.323 e. The number of rotatable bonds is 5. The van der Waals surface area contributed by atoms with Crippen LogP contribution in [0.3, 0.4) is 0 Å². The maximum atomic E-state index is 11.7. The summed E-state index contributed by atoms with van der Waals surface area (Å²) >= 11 is 1.39. The summed E-state index contributed by atoms with van der Waals surface area (Å²) in [5.41, 5.74) is -1.55. The third-order valence-corrected chi connectivity index (χ3v) is 3.31. The molecule has 5 nitrogen and oxygen atoms in total. The average Bonchev–Trinajstić information content (AvgIpc) is 2.63. The van der Waals surface area contributed by atoms with E-state index in [-0.39, 0.29) is 13.0 Å². The maximum absolute atomic E-state index is 11.7. The molecule has 1 N–H and O–H groups in total. The Morgan fingerprint density at radius 1 is 1.59 bits per heavy atom. The molecule has 1 aromatic heterocycles. The summed E-state index contributed by atoms with van der Waals surface area (Å²) in [6.07, 6.45) is 1.70. The molecule has 1 atom stereocenters. The number of nitrogens with zero attached hydrogens (tertiary/aromatic N) is 1. The van der Waals surface area contributed by atoms with Crippen molar-refractivity contribution < 1.29 is 19.4 Å². The lowest BCUT2D eigenvalue weighted by Crippen LogP contribution is -2.39. The van der Waals surface area contributed by atoms with E-state index in [0.717, 1.165) is 9.88 Å². The summed E-state index contributed by atoms with van der Waals surface area (Å²) in [6, 6.07) is 0. The van der Waals surface area contributed by atoms with Gasteiger partial charge < -0.3 is 9.84 Å². The topological polar surface area (TPSA) is 76.5 Å². The molecule has 0 aliphatic carbocycles. The average molecular weight is 257 g/mol. The largest absolute Gasteiger partial charge is 0.480 e. The molecule has 0 radical (unpaired) electrons. The van der Waals surface area contributed by atoms with E-state index in [1.807, 2.05) is 6.92 Å². The van der Waals surface area contributed by atoms with Gasteiger partial charge >= 0.3 is 11.9 Å². The molecule has 0 spiro atoms. The number of carbonyl (C=O) groups is 2. The van der Waals surface area contributed by atoms with Gasteiger partial charge in [-0.1, -0.05) is 0 Å². The number of carboxylic acid groups (broad SMARTS) is 1. The van der Waals surface area contributed by atoms with Crippen LogP contribution in [0.5, 0.6) is 0 Å². The van der Waals surface area contributed by atoms with Gasteiger partial charge in [-0.05, 0) is 20.8 Å². The number of thiazole rings is 1. The van der Waals surface area contributed by atoms with Gasteiger partial charge in [-0.15, -0.1) is 11.3 Å². The van der Waals surface area contributed by atoms with Gasteiger partial charge in [-0.25, -0.2) is 4.98 Å². The molecule has 0 saturated carbocycles. The number of hydrogen-bond acceptors (Lipinski definition) is 5. The summed E-state index contributed by atoms with van der Waals surface area (Å²) < 4.78 is 4.81. The van der Waals surface area contributed by atoms with E-state index in [4.69, 9.17) is 4.74 Å². The Hall–Kier alpha value is -1.43. The molecule has 94 valence electrons. The van der Waals surface area contributed by atoms with Crippen molar-refractivity contribution in [3.05, 3.63) is 16.1 Å². The fourth-order valence-corrected chi connectivity index (χ4v) is 2.31. The molecular weight excluding hydrogens is 242 g/mol. The van der Waals surface area contributed by atoms with E-state index in [9.17, 15) is 14.7 Å². The van der Waals surface area contributed by atoms with Gasteiger partial charge in [-0.2, -0.15) is 0 Å². The minimum atomic E-state index is -1.55. The second kappa shape index (κ2) is 5.27. The fraction of sp³-hybridized carbons (Fsp3) is 0.545. The van der Waals surface area contributed by atoms with Gasteiger partial charge in [0.15, 0.2) is 5.41 Å². The van der Waals surface area contributed by atoms with E-state index < -0.39 is 17.4 Å². The lowest BCUT2D eigenvalue weighted by atomic mass is 9.86. The van der Waals surface area contributed by atoms with Crippen LogP contribution < -0.4 is 0 Å². The van der Waals surface area contributed by atoms with Crippen molar-refractivity contribution in [1.29, 1.82) is 0 Å². The first-order valence-corrected chi connectivity index (χ1v) is 6.03. The molecule has 17 heavy (non-hydrogen) atoms. The van der Waals surface area contributed by atoms with Crippen molar-refractivity contribution in [2.75, 3.05) is 6.61 Å². The second-order valence-corrected chi connectivity index (χ2v) is 5.20. The Morgan fingerprint density at radius 2 is 2.24 bits per heavy atom. The van der Waals surface area contributed by atoms with Crippen LogP contribution in [0.2, 0.25) is 0 Å². The van der Waals surface area contributed by atoms with Crippen molar-refractivity contribution in [3.63, 3.8) is 0 Å². The summed E-state index contributed by atoms with van der Waals surface area (Å²) in [4.78, 5) is 27.7. The molecule has 0 fully saturated rings. The quantitative estimate of drug-likeness (QED) is 0.641. The number of aliphatic carboxylic acids is 1. The third kappa shape index (κ3) is 3.03. The zero-order valence-corrected chi connectivity index (χ0v) is 10.8. The van der Waals surface area contributed by atoms with Gasteiger partial charge in [0, 0.05) is 17.5 Å². The molecular formula is C11H15NO4S. The number of ether oxygens (including phenoxy) is 1. The molecule has 0 amide bonds. The fourth-order valence-electron chi connectivity index (χ4n) is 1.36. The highest BCUT2D eigenvalue weighted by atomic mass is 32.1. The van der Waals surface area contributed by atoms with Crippen LogP contribution >= 0.6 is 11.3 Å². The first-order chi connectivity index (χ1) is 7.90. The van der Waals surface area contributed by atoms with E-state index in [2.05, 4.69) is 4.98 Å². The third-order valence-electron chi connectivity index (χ3n) is 2.39. The van der Waals surface area contributed by atoms with Gasteiger partial charge in [0.2, 0.25) is 0 Å². The van der Waals surface area contributed by atoms with Gasteiger partial charge in [-0.3, -0.25) is 9.59 Å². The number of carbonyl (C=O) groups excluding carboxylic acids is 1. The number of carboxylic acids is 1. The maximum Gasteiger partial charge on any atom is 0.323 e. The normalized spacial score (nSPS) is 14.1. The molecule has 0 aliphatic rings. The number of esters is 1. The second-order valence-electron chi connectivity index (χ2n) is 3.88. The standard InChI is InChI=1S/C11H15NO4S/c1-4-16-10(15)11(3,9(13)14)5-8-6-12-7(2)17-8/h6H,4-5H2,1-3H3,(H,13,14). The first kappa shape index (κ1) is 13.6. The minimum Gasteiger partial charge on any atom is -0.480 e. The number of aromatic nitrogens is 1. The molecule has 0 aliphatic heterocycles. The number of hydrogen-bond donors (Lipinski definition) is 1. The summed E-state index contributed by atoms with van der Waals surface area (Å²) in [7, 11) is 0. The van der Waals surface area contributed by atoms with Crippen LogP contribution in [-0.4, -0.2) is 28.6 Å². The van der Waals surface area contributed by atoms with Crippen LogP contribution in [0.25, 0.3) is 0 Å². The van der Waals surface area contributed by atoms with Crippen molar-refractivity contribution in [3.8, 4) is 0 Å². The molecule has 0 bridgehead atoms. The van der Waals surface area contributed by atoms with Gasteiger partial charge in [0.25, 0.3) is 0 Å². The highest BCUT2D eigenvalue weighted by Gasteiger charge is 2.43. The molecule has 6 heteroatoms. The number of aryl methyl sites for hydroxylation is 1. The van der Waals surface area contributed by atoms with Gasteiger partial charge in [0.1, 0.15) is 0 Å². The van der Waals surface area contributed by atoms with Crippen LogP contribution in [0.15, 0.2) is 6.20 Å². The van der Waals surface area contributed by atoms with Crippen molar-refractivity contribution in [1.82, 2.24) is 4.98 Å². The molecule has 1 unspecified atom stereocenters. The zero-order chi connectivity index (χ0) is 13.1. The van der Waals surface area contributed by atoms with Crippen molar-refractivity contribution >= 4 is 23.3 Å². The molecule has 1 heterocycles. The Kier molecular flexibility index (Phi) is 4.22. The molecule has 1 rings (SSSR count). The monoisotopic (exact) mass is 257 g/mol. The van der Waals surface area contributed by atoms with E-state index in [0.29, 0.717) is 0 Å². The zero-order valence-electron chi connectivity index (χ0n) is 10.0. The Morgan fingerprint density at radius 3 is 2.65 bits per heavy atom. The Balaban J connectivity index is 2.92. The lowest BCUT2D eigenvalue weighted by Gasteiger charge is -2.21. The summed E-state index contributed by atoms with van der Waals surface area (Å²) in [5, 5.41) is 10.0. The molecule has 0 saturated heterocycles. The van der Waals surface area contributed by atoms with E-state index in [1.54, 1.807) is 13.1 Å². The highest BCUT2D eigenvalue weighted by Crippen LogP contribution is 2.27. The van der Waals surface area contributed by atoms with E-state index in [1.165, 1.54) is 18.3 Å². The van der Waals surface area contributed by atoms with Crippen LogP contribution in [-0.2, 0) is 20.7 Å². The minimum absolute atomic E-state index is 0.104. The van der Waals surface area contributed by atoms with Crippen LogP contribution in [0.1, 0.15) is 23.7 Å². The summed E-state index contributed by atoms with van der Waals surface area (Å²) in [6.45, 7) is 5.03. The van der Waals surface area contributed by atoms with Crippen LogP contribution in [0.4, 0.5) is 0 Å². The lowest BCUT2D eigenvalue weighted by molar-refractivity contribution is -0.167. The van der Waals surface area contributed by atoms with Crippen LogP contribution in [0, 0.1) is 12.3 Å². The molecule has 1 aromatic rings. The SMILES string of the molecule is CCOC(=O)C(C)(Cc1cnc(C)s1)C(=O)O. The van der Waals surface area contributed by atoms with E-state index >= 15 is 0 Å². The van der Waals surface area contributed by atoms with Gasteiger partial charge in [0.05, 0.1) is 11.6 Å². The summed E-state index contributed by atoms with van der Waals surface area (Å²) in [5.74, 6) is -1.89. The predicted molar refractivity (Wildman–Crippen MR) is 62.9 cm³/mol. The molecule has 0 aromatic carbocycles. The van der Waals surface area contributed by atoms with Crippen molar-refractivity contribution in [2.45, 2.75) is 27.2 Å². The Labute approximate surface area is 103 Å².